The number of anilines is 3. The number of para-hydroxylation sites is 1. The van der Waals surface area contributed by atoms with Crippen molar-refractivity contribution in [2.45, 2.75) is 0 Å². The Labute approximate surface area is 255 Å². The summed E-state index contributed by atoms with van der Waals surface area (Å²) >= 11 is 0. The molecule has 1 heterocycles. The third-order valence-corrected chi connectivity index (χ3v) is 8.80. The van der Waals surface area contributed by atoms with Gasteiger partial charge >= 0.3 is 0 Å². The molecule has 1 aromatic heterocycles. The zero-order chi connectivity index (χ0) is 29.0. The number of furan rings is 1. The summed E-state index contributed by atoms with van der Waals surface area (Å²) in [6.45, 7) is 0. The Morgan fingerprint density at radius 2 is 1.00 bits per heavy atom. The fourth-order valence-corrected chi connectivity index (χ4v) is 6.67. The largest absolute Gasteiger partial charge is 0.456 e. The summed E-state index contributed by atoms with van der Waals surface area (Å²) in [7, 11) is 0. The maximum absolute atomic E-state index is 6.33. The van der Waals surface area contributed by atoms with E-state index in [9.17, 15) is 0 Å². The van der Waals surface area contributed by atoms with Crippen molar-refractivity contribution >= 4 is 71.3 Å². The highest BCUT2D eigenvalue weighted by Crippen LogP contribution is 2.44. The van der Waals surface area contributed by atoms with Gasteiger partial charge in [-0.3, -0.25) is 0 Å². The predicted molar refractivity (Wildman–Crippen MR) is 186 cm³/mol. The Morgan fingerprint density at radius 1 is 0.341 bits per heavy atom. The van der Waals surface area contributed by atoms with Gasteiger partial charge in [-0.2, -0.15) is 0 Å². The topological polar surface area (TPSA) is 16.4 Å². The Kier molecular flexibility index (Phi) is 5.54. The van der Waals surface area contributed by atoms with Crippen LogP contribution in [0.1, 0.15) is 0 Å². The van der Waals surface area contributed by atoms with E-state index in [-0.39, 0.29) is 0 Å². The summed E-state index contributed by atoms with van der Waals surface area (Å²) < 4.78 is 6.33. The van der Waals surface area contributed by atoms with Crippen LogP contribution in [0, 0.1) is 0 Å². The molecule has 0 spiro atoms. The second-order valence-electron chi connectivity index (χ2n) is 11.4. The van der Waals surface area contributed by atoms with Crippen molar-refractivity contribution in [3.05, 3.63) is 164 Å². The molecule has 2 heteroatoms. The van der Waals surface area contributed by atoms with Crippen molar-refractivity contribution in [1.29, 1.82) is 0 Å². The summed E-state index contributed by atoms with van der Waals surface area (Å²) in [5.41, 5.74) is 7.58. The molecule has 0 aliphatic heterocycles. The first-order chi connectivity index (χ1) is 21.8. The Morgan fingerprint density at radius 3 is 1.84 bits per heavy atom. The van der Waals surface area contributed by atoms with Crippen LogP contribution in [0.4, 0.5) is 17.1 Å². The zero-order valence-corrected chi connectivity index (χ0v) is 23.9. The van der Waals surface area contributed by atoms with E-state index in [1.165, 1.54) is 38.1 Å². The minimum absolute atomic E-state index is 0.907. The molecule has 0 fully saturated rings. The third kappa shape index (κ3) is 3.96. The Bertz CT molecular complexity index is 2490. The SMILES string of the molecule is c1ccc(-c2ccc(N(c3ccc4ccccc4c3)c3cc4cc5oc6ccccc6c5cc4c4ccccc34)cc2)cc1. The summed E-state index contributed by atoms with van der Waals surface area (Å²) in [5.74, 6) is 0. The molecule has 0 saturated heterocycles. The second-order valence-corrected chi connectivity index (χ2v) is 11.4. The lowest BCUT2D eigenvalue weighted by Gasteiger charge is -2.28. The maximum atomic E-state index is 6.33. The maximum Gasteiger partial charge on any atom is 0.136 e. The van der Waals surface area contributed by atoms with Gasteiger partial charge in [-0.25, -0.2) is 0 Å². The van der Waals surface area contributed by atoms with Gasteiger partial charge in [0.15, 0.2) is 0 Å². The quantitative estimate of drug-likeness (QED) is 0.199. The monoisotopic (exact) mass is 561 g/mol. The fourth-order valence-electron chi connectivity index (χ4n) is 6.67. The highest BCUT2D eigenvalue weighted by Gasteiger charge is 2.19. The second kappa shape index (κ2) is 9.86. The van der Waals surface area contributed by atoms with E-state index in [4.69, 9.17) is 4.42 Å². The Hall–Kier alpha value is -5.86. The van der Waals surface area contributed by atoms with Crippen LogP contribution >= 0.6 is 0 Å². The molecule has 0 amide bonds. The van der Waals surface area contributed by atoms with Crippen LogP contribution in [-0.2, 0) is 0 Å². The van der Waals surface area contributed by atoms with Crippen molar-refractivity contribution in [3.8, 4) is 11.1 Å². The average Bonchev–Trinajstić information content (AvgIpc) is 3.45. The molecule has 2 nitrogen and oxygen atoms in total. The molecule has 0 N–H and O–H groups in total. The van der Waals surface area contributed by atoms with Crippen molar-refractivity contribution < 1.29 is 4.42 Å². The molecule has 0 unspecified atom stereocenters. The van der Waals surface area contributed by atoms with Gasteiger partial charge < -0.3 is 9.32 Å². The van der Waals surface area contributed by atoms with Crippen LogP contribution in [-0.4, -0.2) is 0 Å². The lowest BCUT2D eigenvalue weighted by atomic mass is 9.97. The lowest BCUT2D eigenvalue weighted by Crippen LogP contribution is -2.10. The van der Waals surface area contributed by atoms with Crippen LogP contribution in [0.5, 0.6) is 0 Å². The highest BCUT2D eigenvalue weighted by molar-refractivity contribution is 6.20. The van der Waals surface area contributed by atoms with Crippen molar-refractivity contribution in [3.63, 3.8) is 0 Å². The van der Waals surface area contributed by atoms with Crippen molar-refractivity contribution in [2.75, 3.05) is 4.90 Å². The standard InChI is InChI=1S/C42H27NO/c1-2-10-28(11-3-1)30-18-21-33(22-19-30)43(34-23-20-29-12-4-5-13-31(29)24-34)40-25-32-26-42-39(37-16-8-9-17-41(37)44-42)27-38(32)35-14-6-7-15-36(35)40/h1-27H. The molecule has 9 aromatic rings. The molecule has 0 atom stereocenters. The van der Waals surface area contributed by atoms with Gasteiger partial charge in [-0.15, -0.1) is 0 Å². The van der Waals surface area contributed by atoms with Gasteiger partial charge in [0.25, 0.3) is 0 Å². The van der Waals surface area contributed by atoms with Gasteiger partial charge in [-0.05, 0) is 86.6 Å². The van der Waals surface area contributed by atoms with Gasteiger partial charge in [0, 0.05) is 27.5 Å². The van der Waals surface area contributed by atoms with Gasteiger partial charge in [0.05, 0.1) is 5.69 Å². The first-order valence-electron chi connectivity index (χ1n) is 15.0. The number of rotatable bonds is 4. The predicted octanol–water partition coefficient (Wildman–Crippen LogP) is 12.2. The first-order valence-corrected chi connectivity index (χ1v) is 15.0. The normalized spacial score (nSPS) is 11.6. The minimum Gasteiger partial charge on any atom is -0.456 e. The van der Waals surface area contributed by atoms with Crippen LogP contribution in [0.25, 0.3) is 65.4 Å². The third-order valence-electron chi connectivity index (χ3n) is 8.80. The summed E-state index contributed by atoms with van der Waals surface area (Å²) in [6, 6.07) is 58.7. The van der Waals surface area contributed by atoms with Crippen molar-refractivity contribution in [1.82, 2.24) is 0 Å². The van der Waals surface area contributed by atoms with E-state index < -0.39 is 0 Å². The van der Waals surface area contributed by atoms with E-state index in [0.717, 1.165) is 44.4 Å². The molecule has 0 aliphatic carbocycles. The molecule has 9 rings (SSSR count). The number of hydrogen-bond donors (Lipinski definition) is 0. The van der Waals surface area contributed by atoms with E-state index in [1.54, 1.807) is 0 Å². The molecule has 206 valence electrons. The number of benzene rings is 8. The molecule has 0 radical (unpaired) electrons. The molecular formula is C42H27NO. The van der Waals surface area contributed by atoms with E-state index in [2.05, 4.69) is 157 Å². The van der Waals surface area contributed by atoms with E-state index in [1.807, 2.05) is 12.1 Å². The lowest BCUT2D eigenvalue weighted by molar-refractivity contribution is 0.669. The molecular weight excluding hydrogens is 534 g/mol. The zero-order valence-electron chi connectivity index (χ0n) is 23.9. The number of nitrogens with zero attached hydrogens (tertiary/aromatic N) is 1. The highest BCUT2D eigenvalue weighted by atomic mass is 16.3. The smallest absolute Gasteiger partial charge is 0.136 e. The van der Waals surface area contributed by atoms with Crippen LogP contribution in [0.3, 0.4) is 0 Å². The van der Waals surface area contributed by atoms with Crippen LogP contribution < -0.4 is 4.90 Å². The Balaban J connectivity index is 1.32. The molecule has 0 bridgehead atoms. The van der Waals surface area contributed by atoms with Gasteiger partial charge in [-0.1, -0.05) is 115 Å². The van der Waals surface area contributed by atoms with Crippen molar-refractivity contribution in [2.24, 2.45) is 0 Å². The summed E-state index contributed by atoms with van der Waals surface area (Å²) in [5, 5.41) is 9.53. The first kappa shape index (κ1) is 24.7. The van der Waals surface area contributed by atoms with Gasteiger partial charge in [0.1, 0.15) is 11.2 Å². The van der Waals surface area contributed by atoms with Gasteiger partial charge in [0.2, 0.25) is 0 Å². The molecule has 0 saturated carbocycles. The fraction of sp³-hybridized carbons (Fsp3) is 0. The van der Waals surface area contributed by atoms with E-state index in [0.29, 0.717) is 0 Å². The summed E-state index contributed by atoms with van der Waals surface area (Å²) in [4.78, 5) is 2.39. The van der Waals surface area contributed by atoms with Crippen LogP contribution in [0.2, 0.25) is 0 Å². The molecule has 44 heavy (non-hydrogen) atoms. The molecule has 0 aliphatic rings. The number of fused-ring (bicyclic) bond motifs is 7. The number of hydrogen-bond acceptors (Lipinski definition) is 2. The average molecular weight is 562 g/mol. The van der Waals surface area contributed by atoms with E-state index >= 15 is 0 Å². The summed E-state index contributed by atoms with van der Waals surface area (Å²) in [6.07, 6.45) is 0. The minimum atomic E-state index is 0.907. The molecule has 8 aromatic carbocycles. The van der Waals surface area contributed by atoms with Crippen LogP contribution in [0.15, 0.2) is 168 Å².